The van der Waals surface area contributed by atoms with Crippen molar-refractivity contribution in [2.24, 2.45) is 22.2 Å². The molecular weight excluding hydrogens is 400 g/mol. The summed E-state index contributed by atoms with van der Waals surface area (Å²) in [6.45, 7) is 12.2. The first-order chi connectivity index (χ1) is 14.3. The SMILES string of the molecule is CC1(C)C(=O)C(C#N)=C[C@]2(C)C3=CC(=O)C(C#N)=CC3(C#CC#C[Si](C)(C)C)CCC12. The van der Waals surface area contributed by atoms with E-state index in [0.717, 1.165) is 5.57 Å². The van der Waals surface area contributed by atoms with Gasteiger partial charge in [-0.1, -0.05) is 52.4 Å². The van der Waals surface area contributed by atoms with Gasteiger partial charge in [0, 0.05) is 10.8 Å². The number of hydrogen-bond donors (Lipinski definition) is 0. The highest BCUT2D eigenvalue weighted by Crippen LogP contribution is 2.63. The summed E-state index contributed by atoms with van der Waals surface area (Å²) < 4.78 is 0. The number of fused-ring (bicyclic) bond motifs is 3. The summed E-state index contributed by atoms with van der Waals surface area (Å²) in [5.74, 6) is 8.65. The molecular formula is C26H26N2O2Si. The zero-order valence-corrected chi connectivity index (χ0v) is 19.9. The van der Waals surface area contributed by atoms with Crippen LogP contribution < -0.4 is 0 Å². The van der Waals surface area contributed by atoms with Crippen molar-refractivity contribution in [1.82, 2.24) is 0 Å². The predicted molar refractivity (Wildman–Crippen MR) is 121 cm³/mol. The lowest BCUT2D eigenvalue weighted by atomic mass is 9.45. The number of nitrogens with zero attached hydrogens (tertiary/aromatic N) is 2. The molecule has 0 aromatic carbocycles. The van der Waals surface area contributed by atoms with Gasteiger partial charge >= 0.3 is 0 Å². The molecule has 3 atom stereocenters. The van der Waals surface area contributed by atoms with Crippen LogP contribution in [0, 0.1) is 68.1 Å². The molecule has 156 valence electrons. The van der Waals surface area contributed by atoms with Crippen molar-refractivity contribution in [3.8, 4) is 35.4 Å². The molecule has 3 aliphatic rings. The van der Waals surface area contributed by atoms with E-state index in [9.17, 15) is 20.1 Å². The van der Waals surface area contributed by atoms with Gasteiger partial charge in [0.2, 0.25) is 0 Å². The van der Waals surface area contributed by atoms with Gasteiger partial charge in [-0.25, -0.2) is 0 Å². The third-order valence-corrected chi connectivity index (χ3v) is 7.59. The van der Waals surface area contributed by atoms with Gasteiger partial charge in [-0.2, -0.15) is 10.5 Å². The molecule has 0 saturated heterocycles. The van der Waals surface area contributed by atoms with Crippen LogP contribution in [0.4, 0.5) is 0 Å². The van der Waals surface area contributed by atoms with E-state index in [1.807, 2.05) is 26.8 Å². The molecule has 0 bridgehead atoms. The first-order valence-electron chi connectivity index (χ1n) is 10.4. The third kappa shape index (κ3) is 3.61. The Morgan fingerprint density at radius 1 is 1.00 bits per heavy atom. The highest BCUT2D eigenvalue weighted by molar-refractivity contribution is 6.83. The average Bonchev–Trinajstić information content (AvgIpc) is 2.68. The van der Waals surface area contributed by atoms with Crippen LogP contribution in [0.15, 0.2) is 34.9 Å². The van der Waals surface area contributed by atoms with Gasteiger partial charge in [-0.3, -0.25) is 9.59 Å². The Balaban J connectivity index is 2.26. The third-order valence-electron chi connectivity index (χ3n) is 6.72. The number of ketones is 2. The maximum Gasteiger partial charge on any atom is 0.196 e. The van der Waals surface area contributed by atoms with Crippen LogP contribution in [0.3, 0.4) is 0 Å². The van der Waals surface area contributed by atoms with Crippen molar-refractivity contribution < 1.29 is 9.59 Å². The minimum atomic E-state index is -1.59. The summed E-state index contributed by atoms with van der Waals surface area (Å²) in [5, 5.41) is 19.1. The van der Waals surface area contributed by atoms with Gasteiger partial charge in [0.25, 0.3) is 0 Å². The molecule has 31 heavy (non-hydrogen) atoms. The average molecular weight is 427 g/mol. The lowest BCUT2D eigenvalue weighted by Crippen LogP contribution is -2.53. The fourth-order valence-corrected chi connectivity index (χ4v) is 5.73. The van der Waals surface area contributed by atoms with Gasteiger partial charge in [0.05, 0.1) is 16.6 Å². The fourth-order valence-electron chi connectivity index (χ4n) is 5.29. The quantitative estimate of drug-likeness (QED) is 0.427. The molecule has 4 nitrogen and oxygen atoms in total. The summed E-state index contributed by atoms with van der Waals surface area (Å²) in [5.41, 5.74) is 1.94. The molecule has 0 aliphatic heterocycles. The number of carbonyl (C=O) groups excluding carboxylic acids is 2. The van der Waals surface area contributed by atoms with E-state index in [1.54, 1.807) is 12.2 Å². The van der Waals surface area contributed by atoms with Crippen molar-refractivity contribution in [1.29, 1.82) is 10.5 Å². The van der Waals surface area contributed by atoms with E-state index in [0.29, 0.717) is 12.8 Å². The molecule has 0 radical (unpaired) electrons. The number of hydrogen-bond acceptors (Lipinski definition) is 4. The maximum absolute atomic E-state index is 12.9. The van der Waals surface area contributed by atoms with Gasteiger partial charge in [-0.15, -0.1) is 5.54 Å². The van der Waals surface area contributed by atoms with E-state index >= 15 is 0 Å². The maximum atomic E-state index is 12.9. The van der Waals surface area contributed by atoms with E-state index in [-0.39, 0.29) is 28.6 Å². The lowest BCUT2D eigenvalue weighted by molar-refractivity contribution is -0.130. The molecule has 1 saturated carbocycles. The van der Waals surface area contributed by atoms with Crippen LogP contribution in [-0.4, -0.2) is 19.6 Å². The Kier molecular flexibility index (Phi) is 5.26. The molecule has 0 amide bonds. The van der Waals surface area contributed by atoms with Gasteiger partial charge in [-0.05, 0) is 48.3 Å². The Bertz CT molecular complexity index is 1190. The minimum Gasteiger partial charge on any atom is -0.293 e. The van der Waals surface area contributed by atoms with Gasteiger partial charge in [0.1, 0.15) is 20.2 Å². The van der Waals surface area contributed by atoms with Crippen molar-refractivity contribution in [3.63, 3.8) is 0 Å². The summed E-state index contributed by atoms with van der Waals surface area (Å²) >= 11 is 0. The zero-order valence-electron chi connectivity index (χ0n) is 18.9. The van der Waals surface area contributed by atoms with Crippen LogP contribution in [0.2, 0.25) is 19.6 Å². The lowest BCUT2D eigenvalue weighted by Gasteiger charge is -2.56. The number of nitriles is 2. The number of rotatable bonds is 0. The predicted octanol–water partition coefficient (Wildman–Crippen LogP) is 4.29. The number of Topliss-reactive ketones (excluding diaryl/α,β-unsaturated/α-hetero) is 1. The summed E-state index contributed by atoms with van der Waals surface area (Å²) in [6, 6.07) is 4.06. The Hall–Kier alpha value is -3.12. The van der Waals surface area contributed by atoms with E-state index < -0.39 is 24.3 Å². The second-order valence-electron chi connectivity index (χ2n) is 10.4. The fraction of sp³-hybridized carbons (Fsp3) is 0.462. The summed E-state index contributed by atoms with van der Waals surface area (Å²) in [7, 11) is -1.59. The molecule has 0 spiro atoms. The van der Waals surface area contributed by atoms with Crippen LogP contribution in [0.5, 0.6) is 0 Å². The molecule has 3 aliphatic carbocycles. The normalized spacial score (nSPS) is 31.0. The van der Waals surface area contributed by atoms with Crippen LogP contribution >= 0.6 is 0 Å². The smallest absolute Gasteiger partial charge is 0.196 e. The van der Waals surface area contributed by atoms with Gasteiger partial charge < -0.3 is 0 Å². The van der Waals surface area contributed by atoms with E-state index in [4.69, 9.17) is 0 Å². The molecule has 0 N–H and O–H groups in total. The highest BCUT2D eigenvalue weighted by Gasteiger charge is 2.59. The molecule has 3 rings (SSSR count). The molecule has 0 heterocycles. The number of allylic oxidation sites excluding steroid dienone is 6. The summed E-state index contributed by atoms with van der Waals surface area (Å²) in [6.07, 6.45) is 6.19. The zero-order chi connectivity index (χ0) is 23.2. The standard InChI is InChI=1S/C26H26N2O2Si/c1-24(2)21-9-11-26(10-7-8-12-31(4,5)6)15-18(16-27)20(29)13-22(26)25(21,3)14-19(17-28)23(24)30/h13-15,21H,9,11H2,1-6H3/t21?,25-,26?/m0/s1. The topological polar surface area (TPSA) is 81.7 Å². The van der Waals surface area contributed by atoms with E-state index in [2.05, 4.69) is 49.0 Å². The minimum absolute atomic E-state index is 0.0777. The Labute approximate surface area is 185 Å². The first kappa shape index (κ1) is 22.6. The first-order valence-corrected chi connectivity index (χ1v) is 13.9. The number of carbonyl (C=O) groups is 2. The monoisotopic (exact) mass is 426 g/mol. The Morgan fingerprint density at radius 3 is 2.23 bits per heavy atom. The van der Waals surface area contributed by atoms with Crippen LogP contribution in [0.25, 0.3) is 0 Å². The highest BCUT2D eigenvalue weighted by atomic mass is 28.3. The van der Waals surface area contributed by atoms with Crippen molar-refractivity contribution in [3.05, 3.63) is 34.9 Å². The second kappa shape index (κ2) is 7.23. The van der Waals surface area contributed by atoms with Crippen molar-refractivity contribution in [2.75, 3.05) is 0 Å². The summed E-state index contributed by atoms with van der Waals surface area (Å²) in [4.78, 5) is 25.6. The Morgan fingerprint density at radius 2 is 1.65 bits per heavy atom. The van der Waals surface area contributed by atoms with Crippen molar-refractivity contribution >= 4 is 19.6 Å². The molecule has 0 aromatic rings. The molecule has 1 fully saturated rings. The second-order valence-corrected chi connectivity index (χ2v) is 15.2. The van der Waals surface area contributed by atoms with Crippen molar-refractivity contribution in [2.45, 2.75) is 53.3 Å². The van der Waals surface area contributed by atoms with Crippen LogP contribution in [-0.2, 0) is 9.59 Å². The molecule has 2 unspecified atom stereocenters. The largest absolute Gasteiger partial charge is 0.293 e. The van der Waals surface area contributed by atoms with Gasteiger partial charge in [0.15, 0.2) is 11.6 Å². The molecule has 0 aromatic heterocycles. The van der Waals surface area contributed by atoms with E-state index in [1.165, 1.54) is 6.08 Å². The molecule has 5 heteroatoms. The van der Waals surface area contributed by atoms with Crippen LogP contribution in [0.1, 0.15) is 33.6 Å².